The predicted octanol–water partition coefficient (Wildman–Crippen LogP) is 4.63. The van der Waals surface area contributed by atoms with Gasteiger partial charge in [0.15, 0.2) is 0 Å². The Hall–Kier alpha value is -3.67. The average molecular weight is 432 g/mol. The van der Waals surface area contributed by atoms with E-state index in [0.717, 1.165) is 16.8 Å². The Bertz CT molecular complexity index is 1170. The van der Waals surface area contributed by atoms with Crippen LogP contribution in [0.3, 0.4) is 0 Å². The van der Waals surface area contributed by atoms with Crippen molar-refractivity contribution in [1.29, 1.82) is 0 Å². The van der Waals surface area contributed by atoms with Gasteiger partial charge in [-0.2, -0.15) is 0 Å². The maximum atomic E-state index is 14.7. The molecule has 3 aromatic carbocycles. The highest BCUT2D eigenvalue weighted by Gasteiger charge is 2.43. The Kier molecular flexibility index (Phi) is 5.70. The van der Waals surface area contributed by atoms with Crippen molar-refractivity contribution in [3.63, 3.8) is 0 Å². The molecule has 6 heteroatoms. The minimum atomic E-state index is -0.968. The van der Waals surface area contributed by atoms with Crippen molar-refractivity contribution >= 4 is 28.9 Å². The van der Waals surface area contributed by atoms with Gasteiger partial charge in [-0.15, -0.1) is 0 Å². The van der Waals surface area contributed by atoms with Crippen LogP contribution in [0.15, 0.2) is 66.7 Å². The second kappa shape index (κ2) is 8.46. The van der Waals surface area contributed by atoms with Gasteiger partial charge in [0.2, 0.25) is 5.91 Å². The van der Waals surface area contributed by atoms with Crippen molar-refractivity contribution in [2.75, 3.05) is 35.3 Å². The lowest BCUT2D eigenvalue weighted by atomic mass is 9.97. The monoisotopic (exact) mass is 431 g/mol. The van der Waals surface area contributed by atoms with Crippen LogP contribution >= 0.6 is 0 Å². The van der Waals surface area contributed by atoms with Gasteiger partial charge in [0.05, 0.1) is 5.69 Å². The van der Waals surface area contributed by atoms with Crippen LogP contribution in [0.25, 0.3) is 0 Å². The van der Waals surface area contributed by atoms with Crippen LogP contribution in [0, 0.1) is 19.7 Å². The number of aryl methyl sites for hydroxylation is 1. The number of rotatable bonds is 4. The number of carbonyl (C=O) groups is 2. The van der Waals surface area contributed by atoms with Crippen LogP contribution < -0.4 is 14.7 Å². The van der Waals surface area contributed by atoms with E-state index in [9.17, 15) is 14.0 Å². The lowest BCUT2D eigenvalue weighted by Gasteiger charge is -2.41. The number of piperazine rings is 1. The Labute approximate surface area is 187 Å². The third kappa shape index (κ3) is 3.73. The molecule has 0 radical (unpaired) electrons. The summed E-state index contributed by atoms with van der Waals surface area (Å²) in [5.74, 6) is -1.14. The largest absolute Gasteiger partial charge is 0.378 e. The number of carbonyl (C=O) groups excluding carboxylic acids is 2. The van der Waals surface area contributed by atoms with E-state index in [2.05, 4.69) is 0 Å². The zero-order chi connectivity index (χ0) is 23.0. The molecule has 0 aliphatic carbocycles. The number of amides is 2. The summed E-state index contributed by atoms with van der Waals surface area (Å²) in [6.07, 6.45) is 0. The highest BCUT2D eigenvalue weighted by molar-refractivity contribution is 6.14. The minimum absolute atomic E-state index is 0.105. The number of halogens is 1. The zero-order valence-corrected chi connectivity index (χ0v) is 18.7. The van der Waals surface area contributed by atoms with E-state index in [0.29, 0.717) is 11.3 Å². The molecule has 5 nitrogen and oxygen atoms in total. The van der Waals surface area contributed by atoms with E-state index in [4.69, 9.17) is 0 Å². The van der Waals surface area contributed by atoms with Gasteiger partial charge in [-0.3, -0.25) is 14.5 Å². The fourth-order valence-corrected chi connectivity index (χ4v) is 4.09. The lowest BCUT2D eigenvalue weighted by Crippen LogP contribution is -2.56. The van der Waals surface area contributed by atoms with Crippen molar-refractivity contribution in [2.45, 2.75) is 19.9 Å². The van der Waals surface area contributed by atoms with Crippen molar-refractivity contribution in [3.05, 3.63) is 89.2 Å². The van der Waals surface area contributed by atoms with Crippen molar-refractivity contribution in [3.8, 4) is 0 Å². The summed E-state index contributed by atoms with van der Waals surface area (Å²) in [5.41, 5.74) is 4.37. The van der Waals surface area contributed by atoms with Gasteiger partial charge in [0.25, 0.3) is 5.91 Å². The topological polar surface area (TPSA) is 43.9 Å². The number of hydrogen-bond donors (Lipinski definition) is 0. The molecular formula is C26H26FN3O2. The number of nitrogens with zero attached hydrogens (tertiary/aromatic N) is 3. The smallest absolute Gasteiger partial charge is 0.255 e. The number of anilines is 3. The normalized spacial score (nSPS) is 16.5. The van der Waals surface area contributed by atoms with E-state index >= 15 is 0 Å². The van der Waals surface area contributed by atoms with Crippen LogP contribution in [0.4, 0.5) is 21.5 Å². The summed E-state index contributed by atoms with van der Waals surface area (Å²) in [6.45, 7) is 3.76. The van der Waals surface area contributed by atoms with Crippen LogP contribution in [0.5, 0.6) is 0 Å². The maximum Gasteiger partial charge on any atom is 0.255 e. The number of para-hydroxylation sites is 1. The van der Waals surface area contributed by atoms with Gasteiger partial charge >= 0.3 is 0 Å². The third-order valence-electron chi connectivity index (χ3n) is 6.02. The predicted molar refractivity (Wildman–Crippen MR) is 126 cm³/mol. The van der Waals surface area contributed by atoms with Gasteiger partial charge < -0.3 is 9.80 Å². The third-order valence-corrected chi connectivity index (χ3v) is 6.02. The van der Waals surface area contributed by atoms with Crippen LogP contribution in [0.2, 0.25) is 0 Å². The van der Waals surface area contributed by atoms with E-state index in [1.807, 2.05) is 75.3 Å². The van der Waals surface area contributed by atoms with Crippen LogP contribution in [-0.2, 0) is 9.59 Å². The average Bonchev–Trinajstić information content (AvgIpc) is 2.77. The van der Waals surface area contributed by atoms with Crippen molar-refractivity contribution in [1.82, 2.24) is 0 Å². The van der Waals surface area contributed by atoms with E-state index < -0.39 is 11.9 Å². The Morgan fingerprint density at radius 2 is 1.53 bits per heavy atom. The van der Waals surface area contributed by atoms with E-state index in [-0.39, 0.29) is 24.0 Å². The molecule has 1 heterocycles. The minimum Gasteiger partial charge on any atom is -0.378 e. The van der Waals surface area contributed by atoms with Crippen molar-refractivity contribution in [2.24, 2.45) is 0 Å². The first kappa shape index (κ1) is 21.6. The summed E-state index contributed by atoms with van der Waals surface area (Å²) in [4.78, 5) is 32.0. The second-order valence-corrected chi connectivity index (χ2v) is 8.25. The molecule has 0 saturated carbocycles. The number of benzene rings is 3. The molecular weight excluding hydrogens is 405 g/mol. The lowest BCUT2D eigenvalue weighted by molar-refractivity contribution is -0.128. The summed E-state index contributed by atoms with van der Waals surface area (Å²) in [6, 6.07) is 18.2. The quantitative estimate of drug-likeness (QED) is 0.605. The molecule has 0 bridgehead atoms. The first-order valence-corrected chi connectivity index (χ1v) is 10.5. The zero-order valence-electron chi connectivity index (χ0n) is 18.7. The molecule has 32 heavy (non-hydrogen) atoms. The molecule has 2 amide bonds. The molecule has 1 aliphatic rings. The van der Waals surface area contributed by atoms with Gasteiger partial charge in [-0.25, -0.2) is 4.39 Å². The molecule has 3 aromatic rings. The first-order valence-electron chi connectivity index (χ1n) is 10.5. The first-order chi connectivity index (χ1) is 15.3. The van der Waals surface area contributed by atoms with E-state index in [1.165, 1.54) is 21.9 Å². The molecule has 0 aromatic heterocycles. The molecule has 1 aliphatic heterocycles. The summed E-state index contributed by atoms with van der Waals surface area (Å²) in [7, 11) is 3.86. The Morgan fingerprint density at radius 1 is 0.875 bits per heavy atom. The summed E-state index contributed by atoms with van der Waals surface area (Å²) >= 11 is 0. The van der Waals surface area contributed by atoms with Gasteiger partial charge in [-0.05, 0) is 60.9 Å². The fraction of sp³-hybridized carbons (Fsp3) is 0.231. The molecule has 164 valence electrons. The van der Waals surface area contributed by atoms with Crippen LogP contribution in [-0.4, -0.2) is 32.5 Å². The van der Waals surface area contributed by atoms with Crippen LogP contribution in [0.1, 0.15) is 22.7 Å². The molecule has 0 spiro atoms. The molecule has 4 rings (SSSR count). The Balaban J connectivity index is 1.85. The van der Waals surface area contributed by atoms with E-state index in [1.54, 1.807) is 12.1 Å². The second-order valence-electron chi connectivity index (χ2n) is 8.25. The fourth-order valence-electron chi connectivity index (χ4n) is 4.09. The molecule has 1 saturated heterocycles. The molecule has 0 N–H and O–H groups in total. The van der Waals surface area contributed by atoms with Gasteiger partial charge in [-0.1, -0.05) is 36.4 Å². The Morgan fingerprint density at radius 3 is 2.19 bits per heavy atom. The standard InChI is InChI=1S/C26H26FN3O2/c1-17-8-7-11-22(18(17)2)29-16-24(31)30(23-10-6-5-9-21(23)27)25(26(29)32)19-12-14-20(15-13-19)28(3)4/h5-15,25H,16H2,1-4H3/t25-/m0/s1. The highest BCUT2D eigenvalue weighted by atomic mass is 19.1. The summed E-state index contributed by atoms with van der Waals surface area (Å²) in [5, 5.41) is 0. The SMILES string of the molecule is Cc1cccc(N2CC(=O)N(c3ccccc3F)[C@@H](c3ccc(N(C)C)cc3)C2=O)c1C. The highest BCUT2D eigenvalue weighted by Crippen LogP contribution is 2.37. The molecule has 1 fully saturated rings. The van der Waals surface area contributed by atoms with Gasteiger partial charge in [0, 0.05) is 25.5 Å². The molecule has 1 atom stereocenters. The maximum absolute atomic E-state index is 14.7. The number of hydrogen-bond acceptors (Lipinski definition) is 3. The summed E-state index contributed by atoms with van der Waals surface area (Å²) < 4.78 is 14.7. The molecule has 0 unspecified atom stereocenters. The van der Waals surface area contributed by atoms with Crippen molar-refractivity contribution < 1.29 is 14.0 Å². The van der Waals surface area contributed by atoms with Gasteiger partial charge in [0.1, 0.15) is 18.4 Å².